The van der Waals surface area contributed by atoms with Crippen LogP contribution in [0.1, 0.15) is 17.3 Å². The second-order valence-corrected chi connectivity index (χ2v) is 3.38. The normalized spacial score (nSPS) is 11.4. The van der Waals surface area contributed by atoms with Crippen molar-refractivity contribution in [3.8, 4) is 0 Å². The molecular weight excluding hydrogens is 208 g/mol. The van der Waals surface area contributed by atoms with Crippen molar-refractivity contribution in [3.05, 3.63) is 29.4 Å². The van der Waals surface area contributed by atoms with Crippen LogP contribution in [-0.4, -0.2) is 15.9 Å². The molecule has 0 bridgehead atoms. The zero-order valence-electron chi connectivity index (χ0n) is 8.85. The first-order valence-corrected chi connectivity index (χ1v) is 4.70. The Labute approximate surface area is 91.4 Å². The van der Waals surface area contributed by atoms with E-state index < -0.39 is 5.97 Å². The highest BCUT2D eigenvalue weighted by molar-refractivity contribution is 5.89. The molecule has 2 rings (SSSR count). The van der Waals surface area contributed by atoms with Crippen LogP contribution in [0.3, 0.4) is 0 Å². The van der Waals surface area contributed by atoms with E-state index in [9.17, 15) is 9.90 Å². The molecule has 0 aliphatic heterocycles. The minimum atomic E-state index is -1.26. The number of furan rings is 1. The van der Waals surface area contributed by atoms with Gasteiger partial charge < -0.3 is 14.3 Å². The van der Waals surface area contributed by atoms with Gasteiger partial charge in [0.25, 0.3) is 0 Å². The van der Waals surface area contributed by atoms with Gasteiger partial charge in [-0.15, -0.1) is 0 Å². The summed E-state index contributed by atoms with van der Waals surface area (Å²) in [5.74, 6) is -0.0255. The number of nitrogens with zero attached hydrogens (tertiary/aromatic N) is 2. The largest absolute Gasteiger partial charge is 0.545 e. The van der Waals surface area contributed by atoms with E-state index in [4.69, 9.17) is 4.42 Å². The van der Waals surface area contributed by atoms with Gasteiger partial charge in [0.15, 0.2) is 0 Å². The number of aromatic nitrogens is 2. The Hall–Kier alpha value is -2.17. The van der Waals surface area contributed by atoms with Gasteiger partial charge >= 0.3 is 0 Å². The summed E-state index contributed by atoms with van der Waals surface area (Å²) < 4.78 is 5.35. The third-order valence-corrected chi connectivity index (χ3v) is 2.03. The molecular formula is C11H9N2O3-. The van der Waals surface area contributed by atoms with Crippen molar-refractivity contribution < 1.29 is 14.3 Å². The Morgan fingerprint density at radius 1 is 1.44 bits per heavy atom. The van der Waals surface area contributed by atoms with Crippen molar-refractivity contribution >= 4 is 23.1 Å². The molecule has 0 radical (unpaired) electrons. The van der Waals surface area contributed by atoms with Crippen LogP contribution in [0.25, 0.3) is 17.2 Å². The van der Waals surface area contributed by atoms with Crippen LogP contribution in [0.4, 0.5) is 0 Å². The van der Waals surface area contributed by atoms with E-state index >= 15 is 0 Å². The second kappa shape index (κ2) is 3.77. The van der Waals surface area contributed by atoms with Gasteiger partial charge in [0.1, 0.15) is 11.6 Å². The summed E-state index contributed by atoms with van der Waals surface area (Å²) in [6.45, 7) is 3.51. The lowest BCUT2D eigenvalue weighted by Crippen LogP contribution is -2.18. The zero-order chi connectivity index (χ0) is 11.7. The van der Waals surface area contributed by atoms with E-state index in [1.54, 1.807) is 19.9 Å². The summed E-state index contributed by atoms with van der Waals surface area (Å²) in [7, 11) is 0. The lowest BCUT2D eigenvalue weighted by atomic mass is 10.2. The molecule has 82 valence electrons. The van der Waals surface area contributed by atoms with Crippen molar-refractivity contribution in [2.24, 2.45) is 0 Å². The molecule has 0 spiro atoms. The Bertz CT molecular complexity index is 584. The number of rotatable bonds is 2. The molecule has 5 heteroatoms. The van der Waals surface area contributed by atoms with Gasteiger partial charge in [-0.25, -0.2) is 4.98 Å². The van der Waals surface area contributed by atoms with Crippen LogP contribution < -0.4 is 5.11 Å². The van der Waals surface area contributed by atoms with Gasteiger partial charge in [0.2, 0.25) is 5.71 Å². The standard InChI is InChI=1S/C11H10N2O3/c1-6-5-8-9(3-4-10(14)15)12-7(2)13-11(8)16-6/h3-5H,1-2H3,(H,14,15)/p-1. The third-order valence-electron chi connectivity index (χ3n) is 2.03. The monoisotopic (exact) mass is 217 g/mol. The number of carbonyl (C=O) groups excluding carboxylic acids is 1. The number of carboxylic acids is 1. The number of hydrogen-bond donors (Lipinski definition) is 0. The van der Waals surface area contributed by atoms with Crippen LogP contribution in [0.2, 0.25) is 0 Å². The van der Waals surface area contributed by atoms with Crippen molar-refractivity contribution in [1.29, 1.82) is 0 Å². The highest BCUT2D eigenvalue weighted by Gasteiger charge is 2.07. The quantitative estimate of drug-likeness (QED) is 0.688. The number of carbonyl (C=O) groups is 1. The van der Waals surface area contributed by atoms with Crippen molar-refractivity contribution in [1.82, 2.24) is 9.97 Å². The number of fused-ring (bicyclic) bond motifs is 1. The molecule has 0 aliphatic rings. The molecule has 0 atom stereocenters. The molecule has 0 aromatic carbocycles. The van der Waals surface area contributed by atoms with Gasteiger partial charge in [-0.1, -0.05) is 0 Å². The molecule has 0 unspecified atom stereocenters. The summed E-state index contributed by atoms with van der Waals surface area (Å²) in [5, 5.41) is 11.0. The fourth-order valence-corrected chi connectivity index (χ4v) is 1.45. The first-order chi connectivity index (χ1) is 7.56. The smallest absolute Gasteiger partial charge is 0.230 e. The first-order valence-electron chi connectivity index (χ1n) is 4.70. The minimum absolute atomic E-state index is 0.461. The van der Waals surface area contributed by atoms with Crippen molar-refractivity contribution in [2.75, 3.05) is 0 Å². The molecule has 0 saturated heterocycles. The Kier molecular flexibility index (Phi) is 2.44. The third kappa shape index (κ3) is 1.93. The Morgan fingerprint density at radius 3 is 2.88 bits per heavy atom. The molecule has 0 aliphatic carbocycles. The average Bonchev–Trinajstić information content (AvgIpc) is 2.54. The molecule has 2 aromatic rings. The number of aliphatic carboxylic acids is 1. The van der Waals surface area contributed by atoms with Crippen molar-refractivity contribution in [2.45, 2.75) is 13.8 Å². The molecule has 0 fully saturated rings. The molecule has 2 heterocycles. The predicted molar refractivity (Wildman–Crippen MR) is 55.3 cm³/mol. The maximum atomic E-state index is 10.3. The maximum absolute atomic E-state index is 10.3. The minimum Gasteiger partial charge on any atom is -0.545 e. The lowest BCUT2D eigenvalue weighted by molar-refractivity contribution is -0.297. The lowest BCUT2D eigenvalue weighted by Gasteiger charge is -1.97. The van der Waals surface area contributed by atoms with Gasteiger partial charge in [-0.2, -0.15) is 4.98 Å². The first kappa shape index (κ1) is 10.4. The molecule has 0 saturated carbocycles. The molecule has 2 aromatic heterocycles. The molecule has 5 nitrogen and oxygen atoms in total. The van der Waals surface area contributed by atoms with Crippen LogP contribution in [0.5, 0.6) is 0 Å². The molecule has 16 heavy (non-hydrogen) atoms. The average molecular weight is 217 g/mol. The van der Waals surface area contributed by atoms with E-state index in [2.05, 4.69) is 9.97 Å². The Morgan fingerprint density at radius 2 is 2.19 bits per heavy atom. The maximum Gasteiger partial charge on any atom is 0.230 e. The van der Waals surface area contributed by atoms with Crippen LogP contribution in [-0.2, 0) is 4.79 Å². The summed E-state index contributed by atoms with van der Waals surface area (Å²) >= 11 is 0. The fourth-order valence-electron chi connectivity index (χ4n) is 1.45. The Balaban J connectivity index is 2.62. The fraction of sp³-hybridized carbons (Fsp3) is 0.182. The zero-order valence-corrected chi connectivity index (χ0v) is 8.85. The number of hydrogen-bond acceptors (Lipinski definition) is 5. The number of carboxylic acid groups (broad SMARTS) is 1. The SMILES string of the molecule is Cc1nc(C=CC(=O)[O-])c2cc(C)oc2n1. The van der Waals surface area contributed by atoms with E-state index in [0.29, 0.717) is 28.4 Å². The van der Waals surface area contributed by atoms with Crippen molar-refractivity contribution in [3.63, 3.8) is 0 Å². The second-order valence-electron chi connectivity index (χ2n) is 3.38. The topological polar surface area (TPSA) is 79.0 Å². The predicted octanol–water partition coefficient (Wildman–Crippen LogP) is 0.603. The van der Waals surface area contributed by atoms with Gasteiger partial charge in [-0.3, -0.25) is 0 Å². The van der Waals surface area contributed by atoms with Crippen LogP contribution >= 0.6 is 0 Å². The van der Waals surface area contributed by atoms with Gasteiger partial charge in [-0.05, 0) is 32.1 Å². The summed E-state index contributed by atoms with van der Waals surface area (Å²) in [5.41, 5.74) is 0.978. The van der Waals surface area contributed by atoms with E-state index in [1.807, 2.05) is 0 Å². The summed E-state index contributed by atoms with van der Waals surface area (Å²) in [6, 6.07) is 1.77. The summed E-state index contributed by atoms with van der Waals surface area (Å²) in [6.07, 6.45) is 2.31. The van der Waals surface area contributed by atoms with E-state index in [1.165, 1.54) is 6.08 Å². The van der Waals surface area contributed by atoms with Gasteiger partial charge in [0, 0.05) is 0 Å². The number of aryl methyl sites for hydroxylation is 2. The van der Waals surface area contributed by atoms with E-state index in [-0.39, 0.29) is 0 Å². The highest BCUT2D eigenvalue weighted by Crippen LogP contribution is 2.20. The summed E-state index contributed by atoms with van der Waals surface area (Å²) in [4.78, 5) is 18.6. The molecule has 0 N–H and O–H groups in total. The van der Waals surface area contributed by atoms with Crippen LogP contribution in [0.15, 0.2) is 16.6 Å². The van der Waals surface area contributed by atoms with E-state index in [0.717, 1.165) is 6.08 Å². The molecule has 0 amide bonds. The van der Waals surface area contributed by atoms with Crippen LogP contribution in [0, 0.1) is 13.8 Å². The highest BCUT2D eigenvalue weighted by atomic mass is 16.4. The van der Waals surface area contributed by atoms with Gasteiger partial charge in [0.05, 0.1) is 17.0 Å².